The number of nitrogens with zero attached hydrogens (tertiary/aromatic N) is 1. The van der Waals surface area contributed by atoms with Gasteiger partial charge >= 0.3 is 6.18 Å². The molecule has 0 N–H and O–H groups in total. The van der Waals surface area contributed by atoms with E-state index in [1.165, 1.54) is 0 Å². The fraction of sp³-hybridized carbons (Fsp3) is 0.923. The standard InChI is InChI=1S/C13H20F3N/c1-2-3-11-4-6-12(10-17,7-5-11)8-9-13(14,15)16/h11H,2-9H2,1H3. The quantitative estimate of drug-likeness (QED) is 0.698. The number of halogens is 3. The van der Waals surface area contributed by atoms with Crippen LogP contribution in [0.25, 0.3) is 0 Å². The summed E-state index contributed by atoms with van der Waals surface area (Å²) in [6, 6.07) is 2.15. The Labute approximate surface area is 101 Å². The SMILES string of the molecule is CCCC1CCC(C#N)(CCC(F)(F)F)CC1. The molecule has 0 aromatic carbocycles. The summed E-state index contributed by atoms with van der Waals surface area (Å²) in [6.07, 6.45) is 0.398. The first-order valence-electron chi connectivity index (χ1n) is 6.39. The maximum atomic E-state index is 12.2. The lowest BCUT2D eigenvalue weighted by molar-refractivity contribution is -0.140. The van der Waals surface area contributed by atoms with E-state index in [0.29, 0.717) is 18.8 Å². The predicted molar refractivity (Wildman–Crippen MR) is 60.2 cm³/mol. The molecule has 1 aliphatic rings. The van der Waals surface area contributed by atoms with Gasteiger partial charge in [0.25, 0.3) is 0 Å². The van der Waals surface area contributed by atoms with Gasteiger partial charge in [-0.25, -0.2) is 0 Å². The molecule has 0 heterocycles. The average Bonchev–Trinajstić information content (AvgIpc) is 2.28. The highest BCUT2D eigenvalue weighted by Gasteiger charge is 2.39. The van der Waals surface area contributed by atoms with Crippen LogP contribution >= 0.6 is 0 Å². The third-order valence-electron chi connectivity index (χ3n) is 3.88. The van der Waals surface area contributed by atoms with E-state index in [-0.39, 0.29) is 6.42 Å². The topological polar surface area (TPSA) is 23.8 Å². The third kappa shape index (κ3) is 4.57. The van der Waals surface area contributed by atoms with Crippen molar-refractivity contribution in [3.05, 3.63) is 0 Å². The first-order chi connectivity index (χ1) is 7.91. The van der Waals surface area contributed by atoms with Crippen LogP contribution in [-0.2, 0) is 0 Å². The maximum Gasteiger partial charge on any atom is 0.389 e. The molecule has 1 rings (SSSR count). The summed E-state index contributed by atoms with van der Waals surface area (Å²) in [4.78, 5) is 0. The van der Waals surface area contributed by atoms with Crippen LogP contribution in [0, 0.1) is 22.7 Å². The molecule has 98 valence electrons. The fourth-order valence-corrected chi connectivity index (χ4v) is 2.73. The zero-order chi connectivity index (χ0) is 12.9. The zero-order valence-electron chi connectivity index (χ0n) is 10.3. The Morgan fingerprint density at radius 1 is 1.29 bits per heavy atom. The second-order valence-corrected chi connectivity index (χ2v) is 5.24. The van der Waals surface area contributed by atoms with Crippen molar-refractivity contribution in [2.45, 2.75) is 64.5 Å². The molecule has 0 aromatic heterocycles. The first kappa shape index (κ1) is 14.3. The summed E-state index contributed by atoms with van der Waals surface area (Å²) in [5.41, 5.74) is -0.709. The highest BCUT2D eigenvalue weighted by molar-refractivity contribution is 5.01. The van der Waals surface area contributed by atoms with E-state index in [9.17, 15) is 13.2 Å². The Kier molecular flexibility index (Phi) is 4.85. The summed E-state index contributed by atoms with van der Waals surface area (Å²) in [5, 5.41) is 9.14. The Hall–Kier alpha value is -0.720. The van der Waals surface area contributed by atoms with Crippen molar-refractivity contribution in [2.24, 2.45) is 11.3 Å². The Morgan fingerprint density at radius 2 is 1.88 bits per heavy atom. The highest BCUT2D eigenvalue weighted by atomic mass is 19.4. The van der Waals surface area contributed by atoms with Gasteiger partial charge in [-0.1, -0.05) is 19.8 Å². The second kappa shape index (κ2) is 5.75. The van der Waals surface area contributed by atoms with E-state index >= 15 is 0 Å². The Morgan fingerprint density at radius 3 is 2.29 bits per heavy atom. The summed E-state index contributed by atoms with van der Waals surface area (Å²) >= 11 is 0. The van der Waals surface area contributed by atoms with Crippen molar-refractivity contribution in [1.82, 2.24) is 0 Å². The highest BCUT2D eigenvalue weighted by Crippen LogP contribution is 2.44. The van der Waals surface area contributed by atoms with Crippen molar-refractivity contribution in [3.63, 3.8) is 0 Å². The van der Waals surface area contributed by atoms with Gasteiger partial charge in [0.1, 0.15) is 0 Å². The third-order valence-corrected chi connectivity index (χ3v) is 3.88. The van der Waals surface area contributed by atoms with Crippen molar-refractivity contribution >= 4 is 0 Å². The molecule has 1 saturated carbocycles. The summed E-state index contributed by atoms with van der Waals surface area (Å²) in [7, 11) is 0. The van der Waals surface area contributed by atoms with Crippen LogP contribution in [0.4, 0.5) is 13.2 Å². The summed E-state index contributed by atoms with van der Waals surface area (Å²) in [6.45, 7) is 2.12. The molecule has 0 aliphatic heterocycles. The number of alkyl halides is 3. The first-order valence-corrected chi connectivity index (χ1v) is 6.39. The lowest BCUT2D eigenvalue weighted by Crippen LogP contribution is -2.28. The number of rotatable bonds is 4. The number of nitriles is 1. The fourth-order valence-electron chi connectivity index (χ4n) is 2.73. The number of hydrogen-bond donors (Lipinski definition) is 0. The number of hydrogen-bond acceptors (Lipinski definition) is 1. The largest absolute Gasteiger partial charge is 0.389 e. The maximum absolute atomic E-state index is 12.2. The van der Waals surface area contributed by atoms with Crippen LogP contribution < -0.4 is 0 Å². The van der Waals surface area contributed by atoms with Gasteiger partial charge in [0.15, 0.2) is 0 Å². The Bertz CT molecular complexity index is 269. The van der Waals surface area contributed by atoms with Crippen molar-refractivity contribution in [1.29, 1.82) is 5.26 Å². The van der Waals surface area contributed by atoms with E-state index in [1.807, 2.05) is 0 Å². The van der Waals surface area contributed by atoms with Gasteiger partial charge in [0.05, 0.1) is 11.5 Å². The molecule has 1 nitrogen and oxygen atoms in total. The molecule has 1 fully saturated rings. The molecule has 0 saturated heterocycles. The van der Waals surface area contributed by atoms with E-state index in [2.05, 4.69) is 13.0 Å². The molecule has 0 amide bonds. The Balaban J connectivity index is 2.47. The monoisotopic (exact) mass is 247 g/mol. The van der Waals surface area contributed by atoms with Gasteiger partial charge < -0.3 is 0 Å². The van der Waals surface area contributed by atoms with Crippen LogP contribution in [-0.4, -0.2) is 6.18 Å². The van der Waals surface area contributed by atoms with Crippen LogP contribution in [0.2, 0.25) is 0 Å². The van der Waals surface area contributed by atoms with Crippen LogP contribution in [0.3, 0.4) is 0 Å². The minimum absolute atomic E-state index is 0.0220. The van der Waals surface area contributed by atoms with Gasteiger partial charge in [-0.05, 0) is 38.0 Å². The molecule has 0 spiro atoms. The minimum Gasteiger partial charge on any atom is -0.198 e. The van der Waals surface area contributed by atoms with Gasteiger partial charge in [-0.2, -0.15) is 18.4 Å². The van der Waals surface area contributed by atoms with E-state index in [0.717, 1.165) is 25.7 Å². The normalized spacial score (nSPS) is 29.9. The lowest BCUT2D eigenvalue weighted by atomic mass is 9.68. The van der Waals surface area contributed by atoms with Gasteiger partial charge in [0, 0.05) is 6.42 Å². The van der Waals surface area contributed by atoms with Crippen molar-refractivity contribution in [2.75, 3.05) is 0 Å². The summed E-state index contributed by atoms with van der Waals surface area (Å²) < 4.78 is 36.6. The molecule has 0 atom stereocenters. The molecule has 17 heavy (non-hydrogen) atoms. The second-order valence-electron chi connectivity index (χ2n) is 5.24. The molecular weight excluding hydrogens is 227 g/mol. The molecule has 0 unspecified atom stereocenters. The summed E-state index contributed by atoms with van der Waals surface area (Å²) in [5.74, 6) is 0.618. The van der Waals surface area contributed by atoms with Crippen LogP contribution in [0.5, 0.6) is 0 Å². The van der Waals surface area contributed by atoms with E-state index < -0.39 is 18.0 Å². The molecular formula is C13H20F3N. The molecule has 0 radical (unpaired) electrons. The molecule has 0 aromatic rings. The van der Waals surface area contributed by atoms with Gasteiger partial charge in [-0.15, -0.1) is 0 Å². The zero-order valence-corrected chi connectivity index (χ0v) is 10.3. The van der Waals surface area contributed by atoms with Crippen LogP contribution in [0.1, 0.15) is 58.3 Å². The van der Waals surface area contributed by atoms with Gasteiger partial charge in [-0.3, -0.25) is 0 Å². The average molecular weight is 247 g/mol. The molecule has 4 heteroatoms. The van der Waals surface area contributed by atoms with E-state index in [1.54, 1.807) is 0 Å². The predicted octanol–water partition coefficient (Wildman–Crippen LogP) is 4.83. The van der Waals surface area contributed by atoms with E-state index in [4.69, 9.17) is 5.26 Å². The molecule has 0 bridgehead atoms. The lowest BCUT2D eigenvalue weighted by Gasteiger charge is -2.35. The minimum atomic E-state index is -4.13. The van der Waals surface area contributed by atoms with Crippen molar-refractivity contribution < 1.29 is 13.2 Å². The van der Waals surface area contributed by atoms with Crippen molar-refractivity contribution in [3.8, 4) is 6.07 Å². The smallest absolute Gasteiger partial charge is 0.198 e. The molecule has 1 aliphatic carbocycles. The van der Waals surface area contributed by atoms with Crippen LogP contribution in [0.15, 0.2) is 0 Å². The van der Waals surface area contributed by atoms with Gasteiger partial charge in [0.2, 0.25) is 0 Å².